The number of nitrogens with one attached hydrogen (secondary N) is 1. The summed E-state index contributed by atoms with van der Waals surface area (Å²) in [6.07, 6.45) is 3.65. The molecule has 0 aliphatic rings. The quantitative estimate of drug-likeness (QED) is 0.729. The Labute approximate surface area is 98.3 Å². The van der Waals surface area contributed by atoms with E-state index in [1.807, 2.05) is 36.5 Å². The van der Waals surface area contributed by atoms with Crippen LogP contribution in [0.1, 0.15) is 0 Å². The van der Waals surface area contributed by atoms with Crippen molar-refractivity contribution >= 4 is 11.0 Å². The monoisotopic (exact) mass is 225 g/mol. The van der Waals surface area contributed by atoms with Gasteiger partial charge in [-0.1, -0.05) is 6.07 Å². The normalized spacial score (nSPS) is 10.6. The van der Waals surface area contributed by atoms with E-state index in [0.717, 1.165) is 22.3 Å². The predicted octanol–water partition coefficient (Wildman–Crippen LogP) is 2.63. The van der Waals surface area contributed by atoms with Crippen molar-refractivity contribution in [3.05, 3.63) is 42.7 Å². The molecule has 0 bridgehead atoms. The van der Waals surface area contributed by atoms with Crippen LogP contribution in [-0.4, -0.2) is 22.1 Å². The van der Waals surface area contributed by atoms with Crippen LogP contribution in [0.4, 0.5) is 0 Å². The van der Waals surface area contributed by atoms with Gasteiger partial charge in [0.1, 0.15) is 5.65 Å². The number of hydrogen-bond acceptors (Lipinski definition) is 3. The van der Waals surface area contributed by atoms with Crippen LogP contribution in [0.5, 0.6) is 5.88 Å². The van der Waals surface area contributed by atoms with E-state index in [9.17, 15) is 0 Å². The number of fused-ring (bicyclic) bond motifs is 1. The van der Waals surface area contributed by atoms with Gasteiger partial charge in [0, 0.05) is 29.4 Å². The first-order chi connectivity index (χ1) is 8.38. The van der Waals surface area contributed by atoms with Crippen LogP contribution in [0, 0.1) is 0 Å². The molecule has 0 radical (unpaired) electrons. The number of aromatic amines is 1. The van der Waals surface area contributed by atoms with E-state index in [-0.39, 0.29) is 0 Å². The molecule has 0 atom stereocenters. The number of hydrogen-bond donors (Lipinski definition) is 1. The van der Waals surface area contributed by atoms with Gasteiger partial charge in [0.15, 0.2) is 0 Å². The summed E-state index contributed by atoms with van der Waals surface area (Å²) in [5, 5.41) is 1.06. The number of rotatable bonds is 2. The number of ether oxygens (including phenoxy) is 1. The van der Waals surface area contributed by atoms with Gasteiger partial charge in [-0.05, 0) is 18.2 Å². The van der Waals surface area contributed by atoms with Crippen LogP contribution < -0.4 is 4.74 Å². The molecule has 0 spiro atoms. The second-order valence-electron chi connectivity index (χ2n) is 3.66. The van der Waals surface area contributed by atoms with Crippen molar-refractivity contribution in [2.75, 3.05) is 7.11 Å². The number of nitrogens with zero attached hydrogens (tertiary/aromatic N) is 2. The van der Waals surface area contributed by atoms with Crippen molar-refractivity contribution in [3.8, 4) is 17.1 Å². The van der Waals surface area contributed by atoms with E-state index in [1.165, 1.54) is 0 Å². The van der Waals surface area contributed by atoms with Gasteiger partial charge in [-0.3, -0.25) is 0 Å². The Bertz CT molecular complexity index is 660. The number of methoxy groups -OCH3 is 1. The predicted molar refractivity (Wildman–Crippen MR) is 65.9 cm³/mol. The largest absolute Gasteiger partial charge is 0.481 e. The van der Waals surface area contributed by atoms with Crippen molar-refractivity contribution in [1.82, 2.24) is 15.0 Å². The highest BCUT2D eigenvalue weighted by Gasteiger charge is 2.07. The fraction of sp³-hybridized carbons (Fsp3) is 0.0769. The molecule has 0 aliphatic carbocycles. The van der Waals surface area contributed by atoms with E-state index in [1.54, 1.807) is 13.3 Å². The van der Waals surface area contributed by atoms with E-state index in [0.29, 0.717) is 5.88 Å². The highest BCUT2D eigenvalue weighted by atomic mass is 16.5. The maximum atomic E-state index is 5.14. The fourth-order valence-corrected chi connectivity index (χ4v) is 1.86. The standard InChI is InChI=1S/C13H11N3O/c1-17-12-4-2-3-11(16-12)9-5-7-14-13-10(9)6-8-15-13/h2-8H,1H3,(H,14,15). The summed E-state index contributed by atoms with van der Waals surface area (Å²) >= 11 is 0. The maximum absolute atomic E-state index is 5.14. The Balaban J connectivity index is 2.23. The third-order valence-electron chi connectivity index (χ3n) is 2.67. The van der Waals surface area contributed by atoms with Crippen LogP contribution >= 0.6 is 0 Å². The summed E-state index contributed by atoms with van der Waals surface area (Å²) in [6, 6.07) is 9.68. The van der Waals surface area contributed by atoms with Gasteiger partial charge in [-0.2, -0.15) is 0 Å². The van der Waals surface area contributed by atoms with Crippen LogP contribution in [0.25, 0.3) is 22.3 Å². The van der Waals surface area contributed by atoms with Gasteiger partial charge < -0.3 is 9.72 Å². The van der Waals surface area contributed by atoms with Crippen molar-refractivity contribution in [3.63, 3.8) is 0 Å². The molecule has 0 aliphatic heterocycles. The fourth-order valence-electron chi connectivity index (χ4n) is 1.86. The van der Waals surface area contributed by atoms with E-state index in [2.05, 4.69) is 15.0 Å². The molecule has 0 unspecified atom stereocenters. The zero-order valence-electron chi connectivity index (χ0n) is 9.34. The molecule has 0 saturated carbocycles. The highest BCUT2D eigenvalue weighted by molar-refractivity contribution is 5.91. The van der Waals surface area contributed by atoms with Crippen LogP contribution in [-0.2, 0) is 0 Å². The Kier molecular flexibility index (Phi) is 2.26. The van der Waals surface area contributed by atoms with Gasteiger partial charge in [-0.25, -0.2) is 9.97 Å². The summed E-state index contributed by atoms with van der Waals surface area (Å²) in [4.78, 5) is 11.8. The van der Waals surface area contributed by atoms with Crippen molar-refractivity contribution < 1.29 is 4.74 Å². The topological polar surface area (TPSA) is 50.8 Å². The smallest absolute Gasteiger partial charge is 0.213 e. The molecule has 3 rings (SSSR count). The summed E-state index contributed by atoms with van der Waals surface area (Å²) in [5.41, 5.74) is 2.80. The third-order valence-corrected chi connectivity index (χ3v) is 2.67. The van der Waals surface area contributed by atoms with Gasteiger partial charge in [0.05, 0.1) is 12.8 Å². The zero-order chi connectivity index (χ0) is 11.7. The SMILES string of the molecule is COc1cccc(-c2ccnc3[nH]ccc23)n1. The lowest BCUT2D eigenvalue weighted by Gasteiger charge is -2.04. The molecule has 0 aromatic carbocycles. The molecule has 4 nitrogen and oxygen atoms in total. The summed E-state index contributed by atoms with van der Waals surface area (Å²) in [5.74, 6) is 0.614. The Hall–Kier alpha value is -2.36. The molecule has 84 valence electrons. The van der Waals surface area contributed by atoms with Gasteiger partial charge in [0.2, 0.25) is 5.88 Å². The molecule has 0 saturated heterocycles. The molecule has 3 aromatic rings. The summed E-state index contributed by atoms with van der Waals surface area (Å²) < 4.78 is 5.14. The van der Waals surface area contributed by atoms with E-state index in [4.69, 9.17) is 4.74 Å². The molecule has 3 heterocycles. The number of H-pyrrole nitrogens is 1. The van der Waals surface area contributed by atoms with Crippen LogP contribution in [0.3, 0.4) is 0 Å². The average molecular weight is 225 g/mol. The highest BCUT2D eigenvalue weighted by Crippen LogP contribution is 2.26. The Morgan fingerprint density at radius 2 is 2.12 bits per heavy atom. The van der Waals surface area contributed by atoms with E-state index < -0.39 is 0 Å². The molecule has 3 aromatic heterocycles. The second kappa shape index (κ2) is 3.90. The number of pyridine rings is 2. The van der Waals surface area contributed by atoms with Crippen molar-refractivity contribution in [1.29, 1.82) is 0 Å². The molecule has 0 amide bonds. The zero-order valence-corrected chi connectivity index (χ0v) is 9.34. The van der Waals surface area contributed by atoms with Crippen molar-refractivity contribution in [2.45, 2.75) is 0 Å². The second-order valence-corrected chi connectivity index (χ2v) is 3.66. The minimum Gasteiger partial charge on any atom is -0.481 e. The molecule has 4 heteroatoms. The summed E-state index contributed by atoms with van der Waals surface area (Å²) in [6.45, 7) is 0. The van der Waals surface area contributed by atoms with Gasteiger partial charge in [0.25, 0.3) is 0 Å². The molecular formula is C13H11N3O. The third kappa shape index (κ3) is 1.63. The Morgan fingerprint density at radius 1 is 1.18 bits per heavy atom. The van der Waals surface area contributed by atoms with Crippen LogP contribution in [0.15, 0.2) is 42.7 Å². The van der Waals surface area contributed by atoms with E-state index >= 15 is 0 Å². The number of aromatic nitrogens is 3. The lowest BCUT2D eigenvalue weighted by molar-refractivity contribution is 0.398. The molecular weight excluding hydrogens is 214 g/mol. The Morgan fingerprint density at radius 3 is 3.00 bits per heavy atom. The lowest BCUT2D eigenvalue weighted by atomic mass is 10.1. The first kappa shape index (κ1) is 9.84. The molecule has 17 heavy (non-hydrogen) atoms. The van der Waals surface area contributed by atoms with Crippen molar-refractivity contribution in [2.24, 2.45) is 0 Å². The lowest BCUT2D eigenvalue weighted by Crippen LogP contribution is -1.90. The van der Waals surface area contributed by atoms with Gasteiger partial charge in [-0.15, -0.1) is 0 Å². The molecule has 0 fully saturated rings. The minimum atomic E-state index is 0.614. The van der Waals surface area contributed by atoms with Gasteiger partial charge >= 0.3 is 0 Å². The van der Waals surface area contributed by atoms with Crippen LogP contribution in [0.2, 0.25) is 0 Å². The maximum Gasteiger partial charge on any atom is 0.213 e. The molecule has 1 N–H and O–H groups in total. The summed E-state index contributed by atoms with van der Waals surface area (Å²) in [7, 11) is 1.62. The minimum absolute atomic E-state index is 0.614. The first-order valence-electron chi connectivity index (χ1n) is 5.32. The average Bonchev–Trinajstić information content (AvgIpc) is 2.87. The first-order valence-corrected chi connectivity index (χ1v) is 5.32.